The molecule has 0 saturated carbocycles. The number of carbonyl (C=O) groups is 1. The Hall–Kier alpha value is -2.36. The average molecular weight is 338 g/mol. The SMILES string of the molecule is CNc1cccc(C(=O)N2[C@@H]3CC[C@H]2C[C@@H](c2ccc(F)cc2)C3)c1. The second kappa shape index (κ2) is 6.51. The molecule has 2 fully saturated rings. The van der Waals surface area contributed by atoms with Crippen molar-refractivity contribution in [2.75, 3.05) is 12.4 Å². The van der Waals surface area contributed by atoms with Crippen LogP contribution in [0.2, 0.25) is 0 Å². The molecule has 2 saturated heterocycles. The van der Waals surface area contributed by atoms with E-state index in [4.69, 9.17) is 0 Å². The third-order valence-electron chi connectivity index (χ3n) is 5.71. The minimum atomic E-state index is -0.191. The highest BCUT2D eigenvalue weighted by atomic mass is 19.1. The Balaban J connectivity index is 1.54. The molecule has 0 unspecified atom stereocenters. The zero-order valence-electron chi connectivity index (χ0n) is 14.4. The van der Waals surface area contributed by atoms with Gasteiger partial charge in [-0.15, -0.1) is 0 Å². The maximum absolute atomic E-state index is 13.2. The van der Waals surface area contributed by atoms with E-state index in [-0.39, 0.29) is 11.7 Å². The summed E-state index contributed by atoms with van der Waals surface area (Å²) in [6.07, 6.45) is 4.08. The predicted molar refractivity (Wildman–Crippen MR) is 97.3 cm³/mol. The van der Waals surface area contributed by atoms with E-state index in [2.05, 4.69) is 10.2 Å². The van der Waals surface area contributed by atoms with E-state index in [9.17, 15) is 9.18 Å². The fourth-order valence-electron chi connectivity index (χ4n) is 4.47. The number of rotatable bonds is 3. The molecule has 2 bridgehead atoms. The van der Waals surface area contributed by atoms with Crippen molar-refractivity contribution in [3.8, 4) is 0 Å². The first-order valence-corrected chi connectivity index (χ1v) is 9.01. The Bertz CT molecular complexity index is 760. The van der Waals surface area contributed by atoms with Crippen molar-refractivity contribution in [2.45, 2.75) is 43.7 Å². The molecule has 2 aliphatic heterocycles. The quantitative estimate of drug-likeness (QED) is 0.898. The highest BCUT2D eigenvalue weighted by Gasteiger charge is 2.43. The van der Waals surface area contributed by atoms with Gasteiger partial charge in [0.15, 0.2) is 0 Å². The molecule has 0 spiro atoms. The molecule has 2 aromatic carbocycles. The summed E-state index contributed by atoms with van der Waals surface area (Å²) in [5, 5.41) is 3.09. The van der Waals surface area contributed by atoms with Gasteiger partial charge in [0, 0.05) is 30.4 Å². The summed E-state index contributed by atoms with van der Waals surface area (Å²) in [4.78, 5) is 15.2. The number of benzene rings is 2. The second-order valence-electron chi connectivity index (χ2n) is 7.15. The van der Waals surface area contributed by atoms with Crippen molar-refractivity contribution in [2.24, 2.45) is 0 Å². The maximum Gasteiger partial charge on any atom is 0.254 e. The van der Waals surface area contributed by atoms with Crippen LogP contribution in [-0.4, -0.2) is 29.9 Å². The number of piperidine rings is 1. The van der Waals surface area contributed by atoms with Crippen LogP contribution < -0.4 is 5.32 Å². The van der Waals surface area contributed by atoms with Gasteiger partial charge in [-0.3, -0.25) is 4.79 Å². The van der Waals surface area contributed by atoms with Crippen molar-refractivity contribution < 1.29 is 9.18 Å². The lowest BCUT2D eigenvalue weighted by Gasteiger charge is -2.39. The molecule has 0 radical (unpaired) electrons. The molecule has 4 rings (SSSR count). The number of hydrogen-bond acceptors (Lipinski definition) is 2. The first-order chi connectivity index (χ1) is 12.2. The lowest BCUT2D eigenvalue weighted by atomic mass is 9.85. The van der Waals surface area contributed by atoms with Gasteiger partial charge in [0.25, 0.3) is 5.91 Å². The van der Waals surface area contributed by atoms with Gasteiger partial charge in [0.2, 0.25) is 0 Å². The number of nitrogens with one attached hydrogen (secondary N) is 1. The fourth-order valence-corrected chi connectivity index (χ4v) is 4.47. The molecule has 2 heterocycles. The number of carbonyl (C=O) groups excluding carboxylic acids is 1. The Morgan fingerprint density at radius 2 is 1.76 bits per heavy atom. The molecule has 3 atom stereocenters. The van der Waals surface area contributed by atoms with Gasteiger partial charge in [-0.1, -0.05) is 18.2 Å². The maximum atomic E-state index is 13.2. The third kappa shape index (κ3) is 3.01. The van der Waals surface area contributed by atoms with Gasteiger partial charge in [-0.05, 0) is 67.5 Å². The highest BCUT2D eigenvalue weighted by molar-refractivity contribution is 5.95. The average Bonchev–Trinajstić information content (AvgIpc) is 2.91. The summed E-state index contributed by atoms with van der Waals surface area (Å²) < 4.78 is 13.2. The van der Waals surface area contributed by atoms with Crippen molar-refractivity contribution in [1.29, 1.82) is 0 Å². The van der Waals surface area contributed by atoms with Crippen LogP contribution in [0.5, 0.6) is 0 Å². The lowest BCUT2D eigenvalue weighted by Crippen LogP contribution is -2.46. The Kier molecular flexibility index (Phi) is 4.20. The van der Waals surface area contributed by atoms with Crippen LogP contribution >= 0.6 is 0 Å². The Morgan fingerprint density at radius 3 is 2.40 bits per heavy atom. The zero-order chi connectivity index (χ0) is 17.4. The van der Waals surface area contributed by atoms with E-state index in [1.807, 2.05) is 43.4 Å². The number of hydrogen-bond donors (Lipinski definition) is 1. The van der Waals surface area contributed by atoms with Gasteiger partial charge < -0.3 is 10.2 Å². The second-order valence-corrected chi connectivity index (χ2v) is 7.15. The van der Waals surface area contributed by atoms with E-state index in [0.717, 1.165) is 36.9 Å². The largest absolute Gasteiger partial charge is 0.388 e. The van der Waals surface area contributed by atoms with Crippen LogP contribution in [0.15, 0.2) is 48.5 Å². The van der Waals surface area contributed by atoms with Crippen molar-refractivity contribution in [3.05, 3.63) is 65.5 Å². The molecule has 2 aromatic rings. The number of fused-ring (bicyclic) bond motifs is 2. The van der Waals surface area contributed by atoms with Gasteiger partial charge in [0.05, 0.1) is 0 Å². The van der Waals surface area contributed by atoms with E-state index in [1.165, 1.54) is 17.7 Å². The molecule has 130 valence electrons. The molecule has 25 heavy (non-hydrogen) atoms. The van der Waals surface area contributed by atoms with Crippen LogP contribution in [-0.2, 0) is 0 Å². The molecule has 1 N–H and O–H groups in total. The summed E-state index contributed by atoms with van der Waals surface area (Å²) in [5.41, 5.74) is 2.91. The van der Waals surface area contributed by atoms with Gasteiger partial charge in [-0.2, -0.15) is 0 Å². The molecular formula is C21H23FN2O. The summed E-state index contributed by atoms with van der Waals surface area (Å²) in [7, 11) is 1.86. The van der Waals surface area contributed by atoms with Crippen LogP contribution in [0.25, 0.3) is 0 Å². The zero-order valence-corrected chi connectivity index (χ0v) is 14.4. The number of anilines is 1. The molecule has 2 aliphatic rings. The molecule has 0 aliphatic carbocycles. The summed E-state index contributed by atoms with van der Waals surface area (Å²) in [6.45, 7) is 0. The van der Waals surface area contributed by atoms with Crippen LogP contribution in [0.3, 0.4) is 0 Å². The predicted octanol–water partition coefficient (Wildman–Crippen LogP) is 4.42. The topological polar surface area (TPSA) is 32.3 Å². The molecule has 4 heteroatoms. The third-order valence-corrected chi connectivity index (χ3v) is 5.71. The van der Waals surface area contributed by atoms with Crippen LogP contribution in [0.4, 0.5) is 10.1 Å². The van der Waals surface area contributed by atoms with E-state index in [1.54, 1.807) is 0 Å². The molecule has 3 nitrogen and oxygen atoms in total. The molecule has 0 aromatic heterocycles. The molecule has 1 amide bonds. The lowest BCUT2D eigenvalue weighted by molar-refractivity contribution is 0.0571. The summed E-state index contributed by atoms with van der Waals surface area (Å²) in [6, 6.07) is 15.2. The highest BCUT2D eigenvalue weighted by Crippen LogP contribution is 2.43. The van der Waals surface area contributed by atoms with Crippen molar-refractivity contribution in [3.63, 3.8) is 0 Å². The Labute approximate surface area is 147 Å². The number of nitrogens with zero attached hydrogens (tertiary/aromatic N) is 1. The van der Waals surface area contributed by atoms with Crippen molar-refractivity contribution >= 4 is 11.6 Å². The number of halogens is 1. The minimum absolute atomic E-state index is 0.141. The van der Waals surface area contributed by atoms with Crippen molar-refractivity contribution in [1.82, 2.24) is 4.90 Å². The van der Waals surface area contributed by atoms with Crippen LogP contribution in [0.1, 0.15) is 47.5 Å². The monoisotopic (exact) mass is 338 g/mol. The van der Waals surface area contributed by atoms with E-state index < -0.39 is 0 Å². The summed E-state index contributed by atoms with van der Waals surface area (Å²) >= 11 is 0. The normalized spacial score (nSPS) is 25.0. The molecular weight excluding hydrogens is 315 g/mol. The standard InChI is InChI=1S/C21H23FN2O/c1-23-18-4-2-3-15(11-18)21(25)24-19-9-10-20(24)13-16(12-19)14-5-7-17(22)8-6-14/h2-8,11,16,19-20,23H,9-10,12-13H2,1H3/t16-,19+,20-. The fraction of sp³-hybridized carbons (Fsp3) is 0.381. The smallest absolute Gasteiger partial charge is 0.254 e. The van der Waals surface area contributed by atoms with E-state index >= 15 is 0 Å². The minimum Gasteiger partial charge on any atom is -0.388 e. The Morgan fingerprint density at radius 1 is 1.08 bits per heavy atom. The van der Waals surface area contributed by atoms with Crippen LogP contribution in [0, 0.1) is 5.82 Å². The first kappa shape index (κ1) is 16.1. The summed E-state index contributed by atoms with van der Waals surface area (Å²) in [5.74, 6) is 0.372. The first-order valence-electron chi connectivity index (χ1n) is 9.01. The van der Waals surface area contributed by atoms with E-state index in [0.29, 0.717) is 18.0 Å². The van der Waals surface area contributed by atoms with Gasteiger partial charge in [0.1, 0.15) is 5.82 Å². The number of amides is 1. The van der Waals surface area contributed by atoms with Gasteiger partial charge in [-0.25, -0.2) is 4.39 Å². The van der Waals surface area contributed by atoms with Gasteiger partial charge >= 0.3 is 0 Å².